The van der Waals surface area contributed by atoms with Crippen molar-refractivity contribution in [2.45, 2.75) is 6.92 Å². The molecule has 0 atom stereocenters. The molecule has 0 saturated heterocycles. The normalized spacial score (nSPS) is 10.7. The molecule has 3 rings (SSSR count). The van der Waals surface area contributed by atoms with Crippen LogP contribution in [-0.4, -0.2) is 5.11 Å². The van der Waals surface area contributed by atoms with E-state index >= 15 is 0 Å². The lowest BCUT2D eigenvalue weighted by Gasteiger charge is -2.07. The highest BCUT2D eigenvalue weighted by Gasteiger charge is 2.02. The van der Waals surface area contributed by atoms with Crippen LogP contribution in [0.5, 0.6) is 5.75 Å². The quantitative estimate of drug-likeness (QED) is 0.656. The van der Waals surface area contributed by atoms with Gasteiger partial charge in [0.1, 0.15) is 5.75 Å². The molecule has 0 radical (unpaired) electrons. The topological polar surface area (TPSA) is 20.2 Å². The Labute approximate surface area is 106 Å². The second-order valence-corrected chi connectivity index (χ2v) is 4.56. The van der Waals surface area contributed by atoms with Gasteiger partial charge in [0.2, 0.25) is 0 Å². The molecule has 0 aliphatic carbocycles. The molecule has 3 aromatic rings. The molecule has 0 unspecified atom stereocenters. The summed E-state index contributed by atoms with van der Waals surface area (Å²) in [5.74, 6) is 0.311. The van der Waals surface area contributed by atoms with Crippen molar-refractivity contribution in [1.82, 2.24) is 0 Å². The maximum Gasteiger partial charge on any atom is 0.116 e. The Kier molecular flexibility index (Phi) is 2.52. The van der Waals surface area contributed by atoms with Gasteiger partial charge in [-0.2, -0.15) is 0 Å². The van der Waals surface area contributed by atoms with Crippen molar-refractivity contribution < 1.29 is 5.11 Å². The Morgan fingerprint density at radius 1 is 0.778 bits per heavy atom. The van der Waals surface area contributed by atoms with E-state index in [9.17, 15) is 5.11 Å². The third-order valence-electron chi connectivity index (χ3n) is 3.28. The number of aromatic hydroxyl groups is 1. The number of hydrogen-bond acceptors (Lipinski definition) is 1. The standard InChI is InChI=1S/C17H14O/c1-12-4-2-3-5-17(12)15-7-6-14-11-16(18)9-8-13(14)10-15/h2-11,18H,1H3. The van der Waals surface area contributed by atoms with Crippen molar-refractivity contribution in [3.05, 3.63) is 66.2 Å². The number of benzene rings is 3. The molecule has 0 amide bonds. The van der Waals surface area contributed by atoms with Gasteiger partial charge in [0, 0.05) is 0 Å². The molecule has 0 heterocycles. The van der Waals surface area contributed by atoms with Crippen molar-refractivity contribution in [2.24, 2.45) is 0 Å². The van der Waals surface area contributed by atoms with E-state index in [0.29, 0.717) is 5.75 Å². The monoisotopic (exact) mass is 234 g/mol. The zero-order valence-electron chi connectivity index (χ0n) is 10.2. The van der Waals surface area contributed by atoms with Crippen LogP contribution in [0.2, 0.25) is 0 Å². The largest absolute Gasteiger partial charge is 0.508 e. The van der Waals surface area contributed by atoms with Crippen LogP contribution in [0.25, 0.3) is 21.9 Å². The van der Waals surface area contributed by atoms with E-state index in [1.165, 1.54) is 16.7 Å². The molecule has 0 aliphatic heterocycles. The fourth-order valence-electron chi connectivity index (χ4n) is 2.30. The summed E-state index contributed by atoms with van der Waals surface area (Å²) >= 11 is 0. The summed E-state index contributed by atoms with van der Waals surface area (Å²) < 4.78 is 0. The highest BCUT2D eigenvalue weighted by molar-refractivity contribution is 5.88. The van der Waals surface area contributed by atoms with Gasteiger partial charge < -0.3 is 5.11 Å². The lowest BCUT2D eigenvalue weighted by atomic mass is 9.98. The number of phenols is 1. The Hall–Kier alpha value is -2.28. The summed E-state index contributed by atoms with van der Waals surface area (Å²) in [6, 6.07) is 20.2. The minimum atomic E-state index is 0.311. The summed E-state index contributed by atoms with van der Waals surface area (Å²) in [6.07, 6.45) is 0. The first-order chi connectivity index (χ1) is 8.74. The molecule has 3 aromatic carbocycles. The predicted octanol–water partition coefficient (Wildman–Crippen LogP) is 4.52. The molecular weight excluding hydrogens is 220 g/mol. The summed E-state index contributed by atoms with van der Waals surface area (Å²) in [6.45, 7) is 2.12. The third-order valence-corrected chi connectivity index (χ3v) is 3.28. The predicted molar refractivity (Wildman–Crippen MR) is 75.8 cm³/mol. The lowest BCUT2D eigenvalue weighted by Crippen LogP contribution is -1.83. The number of hydrogen-bond donors (Lipinski definition) is 1. The second kappa shape index (κ2) is 4.19. The SMILES string of the molecule is Cc1ccccc1-c1ccc2cc(O)ccc2c1. The van der Waals surface area contributed by atoms with E-state index < -0.39 is 0 Å². The molecule has 0 aromatic heterocycles. The van der Waals surface area contributed by atoms with Gasteiger partial charge in [-0.1, -0.05) is 42.5 Å². The van der Waals surface area contributed by atoms with E-state index in [1.54, 1.807) is 12.1 Å². The van der Waals surface area contributed by atoms with Gasteiger partial charge in [-0.05, 0) is 52.6 Å². The van der Waals surface area contributed by atoms with Crippen molar-refractivity contribution in [2.75, 3.05) is 0 Å². The van der Waals surface area contributed by atoms with Crippen LogP contribution in [0.4, 0.5) is 0 Å². The van der Waals surface area contributed by atoms with Crippen LogP contribution in [-0.2, 0) is 0 Å². The van der Waals surface area contributed by atoms with Gasteiger partial charge in [-0.3, -0.25) is 0 Å². The number of phenolic OH excluding ortho intramolecular Hbond substituents is 1. The first kappa shape index (κ1) is 10.8. The Balaban J connectivity index is 2.20. The van der Waals surface area contributed by atoms with Crippen LogP contribution in [0.1, 0.15) is 5.56 Å². The molecule has 0 aliphatic rings. The molecule has 0 saturated carbocycles. The van der Waals surface area contributed by atoms with Gasteiger partial charge in [-0.25, -0.2) is 0 Å². The second-order valence-electron chi connectivity index (χ2n) is 4.56. The zero-order valence-corrected chi connectivity index (χ0v) is 10.2. The van der Waals surface area contributed by atoms with Gasteiger partial charge in [0.25, 0.3) is 0 Å². The van der Waals surface area contributed by atoms with E-state index in [-0.39, 0.29) is 0 Å². The van der Waals surface area contributed by atoms with Gasteiger partial charge >= 0.3 is 0 Å². The smallest absolute Gasteiger partial charge is 0.116 e. The van der Waals surface area contributed by atoms with Gasteiger partial charge in [0.15, 0.2) is 0 Å². The third kappa shape index (κ3) is 1.84. The van der Waals surface area contributed by atoms with Crippen molar-refractivity contribution in [3.63, 3.8) is 0 Å². The molecule has 0 bridgehead atoms. The van der Waals surface area contributed by atoms with Crippen LogP contribution in [0.3, 0.4) is 0 Å². The lowest BCUT2D eigenvalue weighted by molar-refractivity contribution is 0.476. The first-order valence-electron chi connectivity index (χ1n) is 6.03. The van der Waals surface area contributed by atoms with E-state index in [4.69, 9.17) is 0 Å². The average Bonchev–Trinajstić information content (AvgIpc) is 2.39. The number of fused-ring (bicyclic) bond motifs is 1. The van der Waals surface area contributed by atoms with E-state index in [1.807, 2.05) is 6.07 Å². The van der Waals surface area contributed by atoms with Crippen LogP contribution < -0.4 is 0 Å². The molecular formula is C17H14O. The van der Waals surface area contributed by atoms with E-state index in [2.05, 4.69) is 49.4 Å². The molecule has 88 valence electrons. The zero-order chi connectivity index (χ0) is 12.5. The maximum absolute atomic E-state index is 9.46. The van der Waals surface area contributed by atoms with Crippen molar-refractivity contribution in [1.29, 1.82) is 0 Å². The molecule has 1 heteroatoms. The van der Waals surface area contributed by atoms with Crippen LogP contribution >= 0.6 is 0 Å². The average molecular weight is 234 g/mol. The maximum atomic E-state index is 9.46. The van der Waals surface area contributed by atoms with Crippen molar-refractivity contribution in [3.8, 4) is 16.9 Å². The summed E-state index contributed by atoms with van der Waals surface area (Å²) in [5, 5.41) is 11.7. The molecule has 1 N–H and O–H groups in total. The Morgan fingerprint density at radius 3 is 2.33 bits per heavy atom. The van der Waals surface area contributed by atoms with Crippen molar-refractivity contribution >= 4 is 10.8 Å². The minimum absolute atomic E-state index is 0.311. The summed E-state index contributed by atoms with van der Waals surface area (Å²) in [5.41, 5.74) is 3.74. The minimum Gasteiger partial charge on any atom is -0.508 e. The number of rotatable bonds is 1. The molecule has 1 nitrogen and oxygen atoms in total. The van der Waals surface area contributed by atoms with Crippen LogP contribution in [0, 0.1) is 6.92 Å². The number of aryl methyl sites for hydroxylation is 1. The highest BCUT2D eigenvalue weighted by Crippen LogP contribution is 2.28. The fraction of sp³-hybridized carbons (Fsp3) is 0.0588. The van der Waals surface area contributed by atoms with Gasteiger partial charge in [0.05, 0.1) is 0 Å². The molecule has 0 fully saturated rings. The summed E-state index contributed by atoms with van der Waals surface area (Å²) in [7, 11) is 0. The van der Waals surface area contributed by atoms with Gasteiger partial charge in [-0.15, -0.1) is 0 Å². The molecule has 18 heavy (non-hydrogen) atoms. The van der Waals surface area contributed by atoms with E-state index in [0.717, 1.165) is 10.8 Å². The summed E-state index contributed by atoms with van der Waals surface area (Å²) in [4.78, 5) is 0. The van der Waals surface area contributed by atoms with Crippen LogP contribution in [0.15, 0.2) is 60.7 Å². The Morgan fingerprint density at radius 2 is 1.50 bits per heavy atom. The highest BCUT2D eigenvalue weighted by atomic mass is 16.3. The fourth-order valence-corrected chi connectivity index (χ4v) is 2.30. The molecule has 0 spiro atoms. The Bertz CT molecular complexity index is 714. The first-order valence-corrected chi connectivity index (χ1v) is 6.03.